The van der Waals surface area contributed by atoms with Crippen molar-refractivity contribution < 1.29 is 23.2 Å². The summed E-state index contributed by atoms with van der Waals surface area (Å²) in [6, 6.07) is 11.5. The van der Waals surface area contributed by atoms with Gasteiger partial charge in [-0.25, -0.2) is 13.8 Å². The molecule has 0 radical (unpaired) electrons. The Labute approximate surface area is 238 Å². The average molecular weight is 577 g/mol. The minimum absolute atomic E-state index is 0.0318. The molecule has 0 saturated carbocycles. The van der Waals surface area contributed by atoms with Gasteiger partial charge in [0.05, 0.1) is 16.7 Å². The van der Waals surface area contributed by atoms with E-state index in [1.165, 1.54) is 33.8 Å². The third-order valence-electron chi connectivity index (χ3n) is 6.69. The number of benzene rings is 2. The second kappa shape index (κ2) is 11.7. The Hall–Kier alpha value is -4.82. The summed E-state index contributed by atoms with van der Waals surface area (Å²) >= 11 is 5.82. The molecule has 1 saturated heterocycles. The van der Waals surface area contributed by atoms with Crippen LogP contribution < -0.4 is 11.1 Å². The van der Waals surface area contributed by atoms with Crippen LogP contribution in [0.25, 0.3) is 10.9 Å². The zero-order valence-electron chi connectivity index (χ0n) is 21.5. The summed E-state index contributed by atoms with van der Waals surface area (Å²) < 4.78 is 28.7. The number of nitrogens with one attached hydrogen (secondary N) is 1. The van der Waals surface area contributed by atoms with Crippen molar-refractivity contribution in [2.45, 2.75) is 32.0 Å². The molecule has 1 aliphatic heterocycles. The lowest BCUT2D eigenvalue weighted by atomic mass is 10.1. The Morgan fingerprint density at radius 2 is 1.95 bits per heavy atom. The number of hydrogen-bond acceptors (Lipinski definition) is 5. The maximum absolute atomic E-state index is 14.2. The minimum Gasteiger partial charge on any atom is -0.364 e. The van der Waals surface area contributed by atoms with Crippen LogP contribution in [0.15, 0.2) is 54.7 Å². The highest BCUT2D eigenvalue weighted by Crippen LogP contribution is 2.23. The molecule has 4 aromatic rings. The van der Waals surface area contributed by atoms with Gasteiger partial charge >= 0.3 is 0 Å². The number of nitrogens with two attached hydrogens (primary N) is 1. The van der Waals surface area contributed by atoms with Crippen LogP contribution in [0.5, 0.6) is 0 Å². The smallest absolute Gasteiger partial charge is 0.269 e. The average Bonchev–Trinajstić information content (AvgIpc) is 3.59. The summed E-state index contributed by atoms with van der Waals surface area (Å²) in [7, 11) is 0. The zero-order valence-corrected chi connectivity index (χ0v) is 22.3. The third-order valence-corrected chi connectivity index (χ3v) is 6.98. The van der Waals surface area contributed by atoms with Crippen molar-refractivity contribution in [3.63, 3.8) is 0 Å². The lowest BCUT2D eigenvalue weighted by Crippen LogP contribution is -2.46. The van der Waals surface area contributed by atoms with Crippen LogP contribution in [0.2, 0.25) is 5.02 Å². The van der Waals surface area contributed by atoms with Crippen LogP contribution in [0.1, 0.15) is 40.2 Å². The number of aromatic nitrogens is 3. The van der Waals surface area contributed by atoms with Gasteiger partial charge in [0.25, 0.3) is 5.91 Å². The highest BCUT2D eigenvalue weighted by molar-refractivity contribution is 6.30. The van der Waals surface area contributed by atoms with E-state index >= 15 is 0 Å². The molecular formula is C29H23ClF2N6O3. The molecule has 1 fully saturated rings. The van der Waals surface area contributed by atoms with Gasteiger partial charge in [0.1, 0.15) is 29.9 Å². The Kier molecular flexibility index (Phi) is 7.94. The SMILES string of the molecule is NC(=O)c1nn(CC(=O)N2CCC[C@H]2C(=O)NCc2cccc(Cl)c2F)c2ccc(C#Cc3ccc(F)cn3)cc12. The van der Waals surface area contributed by atoms with Crippen molar-refractivity contribution in [1.82, 2.24) is 25.0 Å². The summed E-state index contributed by atoms with van der Waals surface area (Å²) in [5, 5.41) is 7.32. The van der Waals surface area contributed by atoms with E-state index in [0.29, 0.717) is 41.5 Å². The Bertz CT molecular complexity index is 1730. The quantitative estimate of drug-likeness (QED) is 0.341. The van der Waals surface area contributed by atoms with E-state index in [2.05, 4.69) is 27.2 Å². The van der Waals surface area contributed by atoms with E-state index in [1.807, 2.05) is 0 Å². The van der Waals surface area contributed by atoms with Gasteiger partial charge in [-0.05, 0) is 55.2 Å². The molecule has 1 aliphatic rings. The Morgan fingerprint density at radius 1 is 1.12 bits per heavy atom. The second-order valence-corrected chi connectivity index (χ2v) is 9.80. The van der Waals surface area contributed by atoms with Crippen molar-refractivity contribution >= 4 is 40.2 Å². The van der Waals surface area contributed by atoms with Crippen LogP contribution >= 0.6 is 11.6 Å². The maximum Gasteiger partial charge on any atom is 0.269 e. The first kappa shape index (κ1) is 27.7. The fourth-order valence-electron chi connectivity index (χ4n) is 4.69. The molecule has 1 atom stereocenters. The first-order valence-corrected chi connectivity index (χ1v) is 13.0. The maximum atomic E-state index is 14.2. The highest BCUT2D eigenvalue weighted by Gasteiger charge is 2.34. The van der Waals surface area contributed by atoms with Gasteiger partial charge in [-0.1, -0.05) is 29.7 Å². The fourth-order valence-corrected chi connectivity index (χ4v) is 4.88. The molecular weight excluding hydrogens is 554 g/mol. The number of halogens is 3. The van der Waals surface area contributed by atoms with Crippen LogP contribution in [0.4, 0.5) is 8.78 Å². The Morgan fingerprint density at radius 3 is 2.71 bits per heavy atom. The van der Waals surface area contributed by atoms with Crippen molar-refractivity contribution in [2.75, 3.05) is 6.54 Å². The summed E-state index contributed by atoms with van der Waals surface area (Å²) in [6.45, 7) is 0.0560. The third kappa shape index (κ3) is 6.02. The molecule has 2 aromatic carbocycles. The molecule has 0 spiro atoms. The first-order chi connectivity index (χ1) is 19.7. The molecule has 3 amide bonds. The van der Waals surface area contributed by atoms with E-state index in [-0.39, 0.29) is 35.3 Å². The van der Waals surface area contributed by atoms with Gasteiger partial charge in [-0.3, -0.25) is 19.1 Å². The number of hydrogen-bond donors (Lipinski definition) is 2. The molecule has 9 nitrogen and oxygen atoms in total. The first-order valence-electron chi connectivity index (χ1n) is 12.7. The number of primary amides is 1. The molecule has 12 heteroatoms. The number of carbonyl (C=O) groups excluding carboxylic acids is 3. The lowest BCUT2D eigenvalue weighted by molar-refractivity contribution is -0.139. The molecule has 0 aliphatic carbocycles. The van der Waals surface area contributed by atoms with Gasteiger partial charge in [-0.2, -0.15) is 5.10 Å². The second-order valence-electron chi connectivity index (χ2n) is 9.39. The molecule has 3 heterocycles. The topological polar surface area (TPSA) is 123 Å². The summed E-state index contributed by atoms with van der Waals surface area (Å²) in [4.78, 5) is 43.7. The number of carbonyl (C=O) groups is 3. The highest BCUT2D eigenvalue weighted by atomic mass is 35.5. The van der Waals surface area contributed by atoms with Crippen LogP contribution in [0.3, 0.4) is 0 Å². The summed E-state index contributed by atoms with van der Waals surface area (Å²) in [5.74, 6) is 3.09. The van der Waals surface area contributed by atoms with E-state index in [1.54, 1.807) is 24.3 Å². The monoisotopic (exact) mass is 576 g/mol. The zero-order chi connectivity index (χ0) is 29.1. The van der Waals surface area contributed by atoms with E-state index < -0.39 is 29.5 Å². The van der Waals surface area contributed by atoms with Gasteiger partial charge < -0.3 is 16.0 Å². The molecule has 41 heavy (non-hydrogen) atoms. The van der Waals surface area contributed by atoms with E-state index in [0.717, 1.165) is 6.20 Å². The fraction of sp³-hybridized carbons (Fsp3) is 0.207. The van der Waals surface area contributed by atoms with Gasteiger partial charge in [0, 0.05) is 29.6 Å². The molecule has 208 valence electrons. The standard InChI is InChI=1S/C29H23ClF2N6O3/c30-22-4-1-3-18(26(22)32)14-35-29(41)24-5-2-12-37(24)25(39)16-38-23-11-7-17(13-21(23)27(36-38)28(33)40)6-9-20-10-8-19(31)15-34-20/h1,3-4,7-8,10-11,13,15,24H,2,5,12,14,16H2,(H2,33,40)(H,35,41)/t24-/m0/s1. The van der Waals surface area contributed by atoms with Crippen molar-refractivity contribution in [3.8, 4) is 11.8 Å². The lowest BCUT2D eigenvalue weighted by Gasteiger charge is -2.24. The van der Waals surface area contributed by atoms with E-state index in [4.69, 9.17) is 17.3 Å². The van der Waals surface area contributed by atoms with Crippen LogP contribution in [0, 0.1) is 23.5 Å². The molecule has 2 aromatic heterocycles. The molecule has 0 bridgehead atoms. The molecule has 5 rings (SSSR count). The number of amides is 3. The van der Waals surface area contributed by atoms with Gasteiger partial charge in [-0.15, -0.1) is 0 Å². The number of pyridine rings is 1. The van der Waals surface area contributed by atoms with Crippen LogP contribution in [-0.2, 0) is 22.7 Å². The predicted molar refractivity (Wildman–Crippen MR) is 146 cm³/mol. The predicted octanol–water partition coefficient (Wildman–Crippen LogP) is 3.17. The minimum atomic E-state index is -0.779. The van der Waals surface area contributed by atoms with Crippen molar-refractivity contribution in [2.24, 2.45) is 5.73 Å². The van der Waals surface area contributed by atoms with Crippen LogP contribution in [-0.4, -0.2) is 50.0 Å². The van der Waals surface area contributed by atoms with Crippen molar-refractivity contribution in [3.05, 3.63) is 93.9 Å². The number of fused-ring (bicyclic) bond motifs is 1. The number of nitrogens with zero attached hydrogens (tertiary/aromatic N) is 4. The number of rotatable bonds is 6. The molecule has 3 N–H and O–H groups in total. The largest absolute Gasteiger partial charge is 0.364 e. The normalized spacial score (nSPS) is 14.5. The van der Waals surface area contributed by atoms with Gasteiger partial charge in [0.15, 0.2) is 5.69 Å². The summed E-state index contributed by atoms with van der Waals surface area (Å²) in [6.07, 6.45) is 2.13. The summed E-state index contributed by atoms with van der Waals surface area (Å²) in [5.41, 5.74) is 7.14. The Balaban J connectivity index is 1.33. The van der Waals surface area contributed by atoms with Gasteiger partial charge in [0.2, 0.25) is 11.8 Å². The van der Waals surface area contributed by atoms with Crippen molar-refractivity contribution in [1.29, 1.82) is 0 Å². The van der Waals surface area contributed by atoms with E-state index in [9.17, 15) is 23.2 Å². The molecule has 0 unspecified atom stereocenters. The number of likely N-dealkylation sites (tertiary alicyclic amines) is 1.